The molecule has 1 atom stereocenters. The van der Waals surface area contributed by atoms with E-state index in [2.05, 4.69) is 18.1 Å². The Kier molecular flexibility index (Phi) is 9.18. The van der Waals surface area contributed by atoms with Crippen LogP contribution in [0.15, 0.2) is 24.4 Å². The summed E-state index contributed by atoms with van der Waals surface area (Å²) in [6.45, 7) is 5.51. The van der Waals surface area contributed by atoms with Gasteiger partial charge in [0.1, 0.15) is 0 Å². The van der Waals surface area contributed by atoms with Crippen molar-refractivity contribution in [3.05, 3.63) is 30.1 Å². The summed E-state index contributed by atoms with van der Waals surface area (Å²) in [5.41, 5.74) is 1.04. The summed E-state index contributed by atoms with van der Waals surface area (Å²) in [6, 6.07) is 6.98. The fourth-order valence-corrected chi connectivity index (χ4v) is 3.82. The van der Waals surface area contributed by atoms with Crippen LogP contribution in [0.5, 0.6) is 0 Å². The van der Waals surface area contributed by atoms with Crippen LogP contribution < -0.4 is 0 Å². The molecular weight excluding hydrogens is 302 g/mol. The van der Waals surface area contributed by atoms with Gasteiger partial charge in [0.2, 0.25) is 0 Å². The number of pyridine rings is 1. The Hall–Kier alpha value is -0.403. The van der Waals surface area contributed by atoms with Crippen molar-refractivity contribution in [1.29, 1.82) is 0 Å². The predicted molar refractivity (Wildman–Crippen MR) is 91.1 cm³/mol. The normalized spacial score (nSPS) is 13.3. The molecule has 1 aromatic heterocycles. The van der Waals surface area contributed by atoms with E-state index in [1.165, 1.54) is 0 Å². The largest absolute Gasteiger partial charge is 0.420 e. The number of nitrogens with zero attached hydrogens (tertiary/aromatic N) is 1. The molecule has 0 fully saturated rings. The van der Waals surface area contributed by atoms with Gasteiger partial charge in [-0.2, -0.15) is 11.8 Å². The Morgan fingerprint density at radius 3 is 2.86 bits per heavy atom. The average molecular weight is 330 g/mol. The van der Waals surface area contributed by atoms with Gasteiger partial charge in [-0.25, -0.2) is 0 Å². The molecular formula is C15H27NO3SSi. The summed E-state index contributed by atoms with van der Waals surface area (Å²) in [5, 5.41) is 9.85. The lowest BCUT2D eigenvalue weighted by Crippen LogP contribution is -2.28. The van der Waals surface area contributed by atoms with Crippen LogP contribution >= 0.6 is 11.8 Å². The number of aliphatic hydroxyl groups is 1. The number of hydrogen-bond donors (Lipinski definition) is 1. The van der Waals surface area contributed by atoms with Crippen LogP contribution in [0.4, 0.5) is 0 Å². The lowest BCUT2D eigenvalue weighted by Gasteiger charge is -2.19. The van der Waals surface area contributed by atoms with E-state index in [4.69, 9.17) is 9.16 Å². The first-order chi connectivity index (χ1) is 10.0. The monoisotopic (exact) mass is 329 g/mol. The molecule has 0 aliphatic carbocycles. The van der Waals surface area contributed by atoms with Gasteiger partial charge < -0.3 is 14.3 Å². The van der Waals surface area contributed by atoms with E-state index in [-0.39, 0.29) is 0 Å². The average Bonchev–Trinajstić information content (AvgIpc) is 2.48. The predicted octanol–water partition coefficient (Wildman–Crippen LogP) is 2.93. The first-order valence-corrected chi connectivity index (χ1v) is 11.6. The molecule has 0 aromatic carbocycles. The molecule has 0 saturated heterocycles. The molecule has 1 unspecified atom stereocenters. The summed E-state index contributed by atoms with van der Waals surface area (Å²) >= 11 is 1.68. The zero-order chi connectivity index (χ0) is 15.6. The first-order valence-electron chi connectivity index (χ1n) is 7.32. The molecule has 1 heterocycles. The van der Waals surface area contributed by atoms with Gasteiger partial charge in [0.05, 0.1) is 18.4 Å². The van der Waals surface area contributed by atoms with Gasteiger partial charge in [0.15, 0.2) is 8.32 Å². The fourth-order valence-electron chi connectivity index (χ4n) is 1.75. The molecule has 0 radical (unpaired) electrons. The van der Waals surface area contributed by atoms with Crippen molar-refractivity contribution in [3.63, 3.8) is 0 Å². The van der Waals surface area contributed by atoms with Crippen LogP contribution in [0.1, 0.15) is 12.1 Å². The van der Waals surface area contributed by atoms with Crippen LogP contribution in [0, 0.1) is 0 Å². The van der Waals surface area contributed by atoms with Gasteiger partial charge >= 0.3 is 0 Å². The summed E-state index contributed by atoms with van der Waals surface area (Å²) in [7, 11) is 0.321. The van der Waals surface area contributed by atoms with Crippen molar-refractivity contribution in [2.45, 2.75) is 37.4 Å². The summed E-state index contributed by atoms with van der Waals surface area (Å²) < 4.78 is 11.0. The SMILES string of the molecule is CO[Si](C)(C)CCCOCC(O)CSCc1ccccn1. The van der Waals surface area contributed by atoms with Gasteiger partial charge in [0.25, 0.3) is 0 Å². The van der Waals surface area contributed by atoms with E-state index in [1.54, 1.807) is 25.1 Å². The zero-order valence-corrected chi connectivity index (χ0v) is 15.1. The summed E-state index contributed by atoms with van der Waals surface area (Å²) in [4.78, 5) is 4.25. The lowest BCUT2D eigenvalue weighted by molar-refractivity contribution is 0.0486. The van der Waals surface area contributed by atoms with Gasteiger partial charge in [0, 0.05) is 31.4 Å². The smallest absolute Gasteiger partial charge is 0.186 e. The van der Waals surface area contributed by atoms with Crippen LogP contribution in [0.25, 0.3) is 0 Å². The third kappa shape index (κ3) is 9.26. The summed E-state index contributed by atoms with van der Waals surface area (Å²) in [6.07, 6.45) is 2.38. The Morgan fingerprint density at radius 1 is 1.38 bits per heavy atom. The number of aromatic nitrogens is 1. The molecule has 21 heavy (non-hydrogen) atoms. The highest BCUT2D eigenvalue weighted by Gasteiger charge is 2.19. The number of thioether (sulfide) groups is 1. The number of rotatable bonds is 11. The number of hydrogen-bond acceptors (Lipinski definition) is 5. The molecule has 6 heteroatoms. The standard InChI is InChI=1S/C15H27NO3SSi/c1-18-21(2,3)10-6-9-19-11-15(17)13-20-12-14-7-4-5-8-16-14/h4-5,7-8,15,17H,6,9-13H2,1-3H3. The second-order valence-electron chi connectivity index (χ2n) is 5.63. The van der Waals surface area contributed by atoms with E-state index in [0.29, 0.717) is 19.0 Å². The highest BCUT2D eigenvalue weighted by Crippen LogP contribution is 2.13. The molecule has 0 bridgehead atoms. The minimum atomic E-state index is -1.47. The zero-order valence-electron chi connectivity index (χ0n) is 13.2. The second kappa shape index (κ2) is 10.3. The molecule has 1 N–H and O–H groups in total. The van der Waals surface area contributed by atoms with Gasteiger partial charge in [-0.3, -0.25) is 4.98 Å². The Labute approximate surface area is 133 Å². The molecule has 0 saturated carbocycles. The second-order valence-corrected chi connectivity index (χ2v) is 11.1. The van der Waals surface area contributed by atoms with E-state index >= 15 is 0 Å². The number of ether oxygens (including phenoxy) is 1. The maximum Gasteiger partial charge on any atom is 0.186 e. The van der Waals surface area contributed by atoms with Crippen LogP contribution in [0.2, 0.25) is 19.1 Å². The van der Waals surface area contributed by atoms with Crippen LogP contribution in [-0.4, -0.2) is 50.6 Å². The van der Waals surface area contributed by atoms with E-state index in [9.17, 15) is 5.11 Å². The fraction of sp³-hybridized carbons (Fsp3) is 0.667. The molecule has 4 nitrogen and oxygen atoms in total. The summed E-state index contributed by atoms with van der Waals surface area (Å²) in [5.74, 6) is 1.50. The highest BCUT2D eigenvalue weighted by molar-refractivity contribution is 7.98. The third-order valence-electron chi connectivity index (χ3n) is 3.22. The molecule has 1 aromatic rings. The quantitative estimate of drug-likeness (QED) is 0.500. The van der Waals surface area contributed by atoms with E-state index in [0.717, 1.165) is 23.9 Å². The van der Waals surface area contributed by atoms with E-state index < -0.39 is 14.4 Å². The van der Waals surface area contributed by atoms with E-state index in [1.807, 2.05) is 18.2 Å². The van der Waals surface area contributed by atoms with Crippen LogP contribution in [-0.2, 0) is 14.9 Å². The van der Waals surface area contributed by atoms with Crippen LogP contribution in [0.3, 0.4) is 0 Å². The highest BCUT2D eigenvalue weighted by atomic mass is 32.2. The molecule has 0 aliphatic rings. The Bertz CT molecular complexity index is 378. The van der Waals surface area contributed by atoms with Crippen molar-refractivity contribution in [2.24, 2.45) is 0 Å². The third-order valence-corrected chi connectivity index (χ3v) is 7.00. The topological polar surface area (TPSA) is 51.6 Å². The minimum Gasteiger partial charge on any atom is -0.420 e. The lowest BCUT2D eigenvalue weighted by atomic mass is 10.4. The number of aliphatic hydroxyl groups excluding tert-OH is 1. The molecule has 0 aliphatic heterocycles. The first kappa shape index (κ1) is 18.6. The van der Waals surface area contributed by atoms with Gasteiger partial charge in [-0.05, 0) is 37.7 Å². The Balaban J connectivity index is 2.00. The minimum absolute atomic E-state index is 0.407. The van der Waals surface area contributed by atoms with Crippen molar-refractivity contribution in [2.75, 3.05) is 26.1 Å². The van der Waals surface area contributed by atoms with Crippen molar-refractivity contribution < 1.29 is 14.3 Å². The van der Waals surface area contributed by atoms with Gasteiger partial charge in [-0.15, -0.1) is 0 Å². The molecule has 1 rings (SSSR count). The molecule has 120 valence electrons. The van der Waals surface area contributed by atoms with Crippen molar-refractivity contribution in [3.8, 4) is 0 Å². The van der Waals surface area contributed by atoms with Crippen molar-refractivity contribution >= 4 is 20.1 Å². The maximum atomic E-state index is 9.85. The molecule has 0 amide bonds. The van der Waals surface area contributed by atoms with Crippen molar-refractivity contribution in [1.82, 2.24) is 4.98 Å². The molecule has 0 spiro atoms. The maximum absolute atomic E-state index is 9.85. The Morgan fingerprint density at radius 2 is 2.19 bits per heavy atom. The van der Waals surface area contributed by atoms with Gasteiger partial charge in [-0.1, -0.05) is 6.07 Å².